The minimum absolute atomic E-state index is 0.0597. The summed E-state index contributed by atoms with van der Waals surface area (Å²) in [6.45, 7) is 1.23. The summed E-state index contributed by atoms with van der Waals surface area (Å²) in [5.74, 6) is -0.131. The fourth-order valence-electron chi connectivity index (χ4n) is 3.85. The molecule has 2 saturated carbocycles. The first-order chi connectivity index (χ1) is 9.66. The van der Waals surface area contributed by atoms with Gasteiger partial charge in [-0.25, -0.2) is 4.79 Å². The smallest absolute Gasteiger partial charge is 0.320 e. The second-order valence-corrected chi connectivity index (χ2v) is 6.44. The third kappa shape index (κ3) is 2.76. The van der Waals surface area contributed by atoms with Crippen LogP contribution >= 0.6 is 0 Å². The van der Waals surface area contributed by atoms with Gasteiger partial charge in [-0.15, -0.1) is 0 Å². The number of carbonyl (C=O) groups is 2. The topological polar surface area (TPSA) is 60.9 Å². The molecule has 0 bridgehead atoms. The molecule has 0 radical (unpaired) electrons. The molecule has 3 aliphatic rings. The molecular formula is C15H24N2O3. The van der Waals surface area contributed by atoms with Crippen LogP contribution in [0.25, 0.3) is 0 Å². The van der Waals surface area contributed by atoms with Gasteiger partial charge in [-0.1, -0.05) is 12.8 Å². The van der Waals surface area contributed by atoms with Gasteiger partial charge in [0.1, 0.15) is 0 Å². The second-order valence-electron chi connectivity index (χ2n) is 6.44. The molecule has 5 heteroatoms. The lowest BCUT2D eigenvalue weighted by atomic mass is 9.85. The number of rotatable bonds is 4. The van der Waals surface area contributed by atoms with Gasteiger partial charge in [0, 0.05) is 25.2 Å². The van der Waals surface area contributed by atoms with Crippen LogP contribution in [0.15, 0.2) is 0 Å². The SMILES string of the molecule is O=C(O)CCN(C(=O)N1CCC2CCCCC21)C1CC1. The van der Waals surface area contributed by atoms with Gasteiger partial charge < -0.3 is 14.9 Å². The van der Waals surface area contributed by atoms with Crippen molar-refractivity contribution in [3.63, 3.8) is 0 Å². The number of aliphatic carboxylic acids is 1. The number of hydrogen-bond acceptors (Lipinski definition) is 2. The zero-order valence-electron chi connectivity index (χ0n) is 12.0. The summed E-state index contributed by atoms with van der Waals surface area (Å²) in [7, 11) is 0. The van der Waals surface area contributed by atoms with Crippen LogP contribution in [0, 0.1) is 5.92 Å². The van der Waals surface area contributed by atoms with E-state index in [4.69, 9.17) is 5.11 Å². The van der Waals surface area contributed by atoms with Gasteiger partial charge >= 0.3 is 12.0 Å². The molecule has 2 atom stereocenters. The summed E-state index contributed by atoms with van der Waals surface area (Å²) in [5, 5.41) is 8.85. The number of urea groups is 1. The largest absolute Gasteiger partial charge is 0.481 e. The Morgan fingerprint density at radius 3 is 2.55 bits per heavy atom. The lowest BCUT2D eigenvalue weighted by Crippen LogP contribution is -2.48. The molecular weight excluding hydrogens is 256 g/mol. The molecule has 0 spiro atoms. The van der Waals surface area contributed by atoms with E-state index < -0.39 is 5.97 Å². The maximum atomic E-state index is 12.8. The third-order valence-corrected chi connectivity index (χ3v) is 5.06. The molecule has 1 aliphatic heterocycles. The van der Waals surface area contributed by atoms with Crippen molar-refractivity contribution in [3.05, 3.63) is 0 Å². The summed E-state index contributed by atoms with van der Waals surface area (Å²) in [6, 6.07) is 0.815. The molecule has 0 aromatic carbocycles. The molecule has 2 aliphatic carbocycles. The maximum absolute atomic E-state index is 12.8. The first-order valence-electron chi connectivity index (χ1n) is 7.96. The zero-order valence-corrected chi connectivity index (χ0v) is 12.0. The van der Waals surface area contributed by atoms with E-state index in [0.717, 1.165) is 32.2 Å². The van der Waals surface area contributed by atoms with Crippen molar-refractivity contribution in [1.82, 2.24) is 9.80 Å². The first kappa shape index (κ1) is 13.7. The molecule has 0 aromatic rings. The van der Waals surface area contributed by atoms with E-state index in [1.165, 1.54) is 19.3 Å². The zero-order chi connectivity index (χ0) is 14.1. The summed E-state index contributed by atoms with van der Waals surface area (Å²) in [5.41, 5.74) is 0. The van der Waals surface area contributed by atoms with Crippen LogP contribution in [0.2, 0.25) is 0 Å². The highest BCUT2D eigenvalue weighted by atomic mass is 16.4. The third-order valence-electron chi connectivity index (χ3n) is 5.06. The van der Waals surface area contributed by atoms with E-state index in [2.05, 4.69) is 0 Å². The Hall–Kier alpha value is -1.26. The standard InChI is InChI=1S/C15H24N2O3/c18-14(19)8-10-16(12-5-6-12)15(20)17-9-7-11-3-1-2-4-13(11)17/h11-13H,1-10H2,(H,18,19). The molecule has 2 unspecified atom stereocenters. The predicted octanol–water partition coefficient (Wildman–Crippen LogP) is 2.31. The van der Waals surface area contributed by atoms with Gasteiger partial charge in [-0.05, 0) is 38.0 Å². The van der Waals surface area contributed by atoms with Crippen LogP contribution in [-0.2, 0) is 4.79 Å². The van der Waals surface area contributed by atoms with Crippen LogP contribution in [0.5, 0.6) is 0 Å². The van der Waals surface area contributed by atoms with Crippen LogP contribution in [-0.4, -0.2) is 52.1 Å². The Labute approximate surface area is 119 Å². The fourth-order valence-corrected chi connectivity index (χ4v) is 3.85. The number of carboxylic acid groups (broad SMARTS) is 1. The van der Waals surface area contributed by atoms with E-state index in [1.54, 1.807) is 0 Å². The monoisotopic (exact) mass is 280 g/mol. The summed E-state index contributed by atoms with van der Waals surface area (Å²) in [6.07, 6.45) is 8.18. The van der Waals surface area contributed by atoms with Gasteiger partial charge in [-0.2, -0.15) is 0 Å². The number of carbonyl (C=O) groups excluding carboxylic acids is 1. The predicted molar refractivity (Wildman–Crippen MR) is 74.4 cm³/mol. The molecule has 3 rings (SSSR count). The number of hydrogen-bond donors (Lipinski definition) is 1. The van der Waals surface area contributed by atoms with Gasteiger partial charge in [0.15, 0.2) is 0 Å². The summed E-state index contributed by atoms with van der Waals surface area (Å²) < 4.78 is 0. The molecule has 1 heterocycles. The minimum Gasteiger partial charge on any atom is -0.481 e. The van der Waals surface area contributed by atoms with Gasteiger partial charge in [0.25, 0.3) is 0 Å². The number of amides is 2. The van der Waals surface area contributed by atoms with Crippen molar-refractivity contribution < 1.29 is 14.7 Å². The highest BCUT2D eigenvalue weighted by molar-refractivity contribution is 5.77. The second kappa shape index (κ2) is 5.62. The lowest BCUT2D eigenvalue weighted by molar-refractivity contribution is -0.137. The number of carboxylic acids is 1. The number of nitrogens with zero attached hydrogens (tertiary/aromatic N) is 2. The van der Waals surface area contributed by atoms with E-state index in [1.807, 2.05) is 9.80 Å². The first-order valence-corrected chi connectivity index (χ1v) is 7.96. The van der Waals surface area contributed by atoms with E-state index in [-0.39, 0.29) is 12.5 Å². The Morgan fingerprint density at radius 1 is 1.10 bits per heavy atom. The Bertz CT molecular complexity index is 395. The van der Waals surface area contributed by atoms with Gasteiger partial charge in [-0.3, -0.25) is 4.79 Å². The molecule has 112 valence electrons. The van der Waals surface area contributed by atoms with Crippen LogP contribution in [0.1, 0.15) is 51.4 Å². The summed E-state index contributed by atoms with van der Waals surface area (Å²) >= 11 is 0. The maximum Gasteiger partial charge on any atom is 0.320 e. The van der Waals surface area contributed by atoms with Crippen molar-refractivity contribution in [2.45, 2.75) is 63.5 Å². The molecule has 1 N–H and O–H groups in total. The Balaban J connectivity index is 1.64. The molecule has 0 aromatic heterocycles. The molecule has 20 heavy (non-hydrogen) atoms. The normalized spacial score (nSPS) is 29.1. The highest BCUT2D eigenvalue weighted by Crippen LogP contribution is 2.38. The number of likely N-dealkylation sites (tertiary alicyclic amines) is 1. The molecule has 5 nitrogen and oxygen atoms in total. The quantitative estimate of drug-likeness (QED) is 0.859. The average Bonchev–Trinajstić information content (AvgIpc) is 3.17. The van der Waals surface area contributed by atoms with Crippen molar-refractivity contribution >= 4 is 12.0 Å². The average molecular weight is 280 g/mol. The minimum atomic E-state index is -0.819. The highest BCUT2D eigenvalue weighted by Gasteiger charge is 2.42. The van der Waals surface area contributed by atoms with Gasteiger partial charge in [0.05, 0.1) is 6.42 Å². The fraction of sp³-hybridized carbons (Fsp3) is 0.867. The lowest BCUT2D eigenvalue weighted by Gasteiger charge is -2.35. The Morgan fingerprint density at radius 2 is 1.85 bits per heavy atom. The van der Waals surface area contributed by atoms with Crippen molar-refractivity contribution in [2.75, 3.05) is 13.1 Å². The number of fused-ring (bicyclic) bond motifs is 1. The van der Waals surface area contributed by atoms with Crippen LogP contribution < -0.4 is 0 Å². The van der Waals surface area contributed by atoms with Crippen LogP contribution in [0.4, 0.5) is 4.79 Å². The molecule has 3 fully saturated rings. The van der Waals surface area contributed by atoms with Crippen LogP contribution in [0.3, 0.4) is 0 Å². The van der Waals surface area contributed by atoms with Gasteiger partial charge in [0.2, 0.25) is 0 Å². The van der Waals surface area contributed by atoms with E-state index >= 15 is 0 Å². The van der Waals surface area contributed by atoms with E-state index in [0.29, 0.717) is 24.5 Å². The summed E-state index contributed by atoms with van der Waals surface area (Å²) in [4.78, 5) is 27.4. The molecule has 2 amide bonds. The van der Waals surface area contributed by atoms with Crippen molar-refractivity contribution in [2.24, 2.45) is 5.92 Å². The Kier molecular flexibility index (Phi) is 3.85. The van der Waals surface area contributed by atoms with Crippen molar-refractivity contribution in [3.8, 4) is 0 Å². The molecule has 1 saturated heterocycles. The van der Waals surface area contributed by atoms with E-state index in [9.17, 15) is 9.59 Å². The van der Waals surface area contributed by atoms with Crippen molar-refractivity contribution in [1.29, 1.82) is 0 Å².